The van der Waals surface area contributed by atoms with E-state index < -0.39 is 0 Å². The van der Waals surface area contributed by atoms with Crippen molar-refractivity contribution in [3.8, 4) is 11.5 Å². The van der Waals surface area contributed by atoms with Crippen molar-refractivity contribution in [1.29, 1.82) is 0 Å². The van der Waals surface area contributed by atoms with Crippen LogP contribution in [0.4, 0.5) is 11.4 Å². The molecule has 0 aromatic heterocycles. The van der Waals surface area contributed by atoms with Gasteiger partial charge in [0.05, 0.1) is 17.4 Å². The fraction of sp³-hybridized carbons (Fsp3) is 0.222. The zero-order chi connectivity index (χ0) is 21.7. The maximum absolute atomic E-state index is 13.6. The predicted molar refractivity (Wildman–Crippen MR) is 124 cm³/mol. The van der Waals surface area contributed by atoms with Gasteiger partial charge in [0.15, 0.2) is 17.3 Å². The summed E-state index contributed by atoms with van der Waals surface area (Å²) in [6, 6.07) is 22.3. The third-order valence-electron chi connectivity index (χ3n) is 6.59. The number of hydrogen-bond acceptors (Lipinski definition) is 5. The van der Waals surface area contributed by atoms with Gasteiger partial charge in [0.1, 0.15) is 0 Å². The lowest BCUT2D eigenvalue weighted by Gasteiger charge is -2.30. The number of Topliss-reactive ketones (excluding diaryl/α,β-unsaturated/α-hetero) is 1. The Kier molecular flexibility index (Phi) is 4.42. The lowest BCUT2D eigenvalue weighted by Crippen LogP contribution is -2.26. The Morgan fingerprint density at radius 2 is 1.59 bits per heavy atom. The number of rotatable bonds is 2. The third-order valence-corrected chi connectivity index (χ3v) is 6.59. The molecule has 0 fully saturated rings. The van der Waals surface area contributed by atoms with Crippen molar-refractivity contribution in [2.24, 2.45) is 0 Å². The van der Waals surface area contributed by atoms with Gasteiger partial charge in [-0.3, -0.25) is 4.79 Å². The van der Waals surface area contributed by atoms with Crippen LogP contribution in [0.1, 0.15) is 41.5 Å². The van der Waals surface area contributed by atoms with Gasteiger partial charge in [-0.15, -0.1) is 0 Å². The zero-order valence-electron chi connectivity index (χ0n) is 17.9. The smallest absolute Gasteiger partial charge is 0.231 e. The molecule has 0 unspecified atom stereocenters. The minimum Gasteiger partial charge on any atom is -0.454 e. The number of anilines is 2. The Morgan fingerprint density at radius 3 is 2.44 bits per heavy atom. The second-order valence-corrected chi connectivity index (χ2v) is 8.69. The summed E-state index contributed by atoms with van der Waals surface area (Å²) in [5, 5.41) is 7.22. The number of ketones is 1. The number of para-hydroxylation sites is 2. The summed E-state index contributed by atoms with van der Waals surface area (Å²) in [4.78, 5) is 13.6. The topological polar surface area (TPSA) is 59.6 Å². The zero-order valence-corrected chi connectivity index (χ0v) is 17.9. The molecule has 160 valence electrons. The maximum Gasteiger partial charge on any atom is 0.231 e. The van der Waals surface area contributed by atoms with Crippen LogP contribution in [-0.4, -0.2) is 12.6 Å². The van der Waals surface area contributed by atoms with E-state index in [0.29, 0.717) is 6.42 Å². The first-order chi connectivity index (χ1) is 15.7. The van der Waals surface area contributed by atoms with Gasteiger partial charge in [-0.1, -0.05) is 48.0 Å². The van der Waals surface area contributed by atoms with Gasteiger partial charge in [-0.2, -0.15) is 0 Å². The van der Waals surface area contributed by atoms with Crippen molar-refractivity contribution in [3.05, 3.63) is 94.7 Å². The van der Waals surface area contributed by atoms with E-state index >= 15 is 0 Å². The molecule has 5 nitrogen and oxygen atoms in total. The van der Waals surface area contributed by atoms with Crippen LogP contribution in [0.2, 0.25) is 0 Å². The molecular formula is C27H24N2O3. The predicted octanol–water partition coefficient (Wildman–Crippen LogP) is 5.70. The van der Waals surface area contributed by atoms with Crippen LogP contribution in [0, 0.1) is 6.92 Å². The Labute approximate surface area is 187 Å². The van der Waals surface area contributed by atoms with Gasteiger partial charge in [-0.05, 0) is 54.7 Å². The van der Waals surface area contributed by atoms with E-state index in [9.17, 15) is 4.79 Å². The second-order valence-electron chi connectivity index (χ2n) is 8.69. The normalized spacial score (nSPS) is 21.2. The fourth-order valence-corrected chi connectivity index (χ4v) is 4.91. The summed E-state index contributed by atoms with van der Waals surface area (Å²) in [6.45, 7) is 2.31. The molecular weight excluding hydrogens is 400 g/mol. The van der Waals surface area contributed by atoms with Gasteiger partial charge in [-0.25, -0.2) is 0 Å². The second kappa shape index (κ2) is 7.45. The Balaban J connectivity index is 1.45. The van der Waals surface area contributed by atoms with E-state index in [1.165, 1.54) is 11.1 Å². The molecule has 32 heavy (non-hydrogen) atoms. The molecule has 2 N–H and O–H groups in total. The van der Waals surface area contributed by atoms with Crippen molar-refractivity contribution in [3.63, 3.8) is 0 Å². The van der Waals surface area contributed by atoms with Crippen LogP contribution < -0.4 is 20.1 Å². The average Bonchev–Trinajstić information content (AvgIpc) is 3.20. The SMILES string of the molecule is Cc1ccc([C@H]2CC(=O)C3=C(C2)Nc2ccccc2N[C@H]3c2ccc3c(c2)OCO3)cc1. The number of benzene rings is 3. The summed E-state index contributed by atoms with van der Waals surface area (Å²) < 4.78 is 11.1. The first-order valence-electron chi connectivity index (χ1n) is 11.0. The third kappa shape index (κ3) is 3.21. The van der Waals surface area contributed by atoms with Crippen molar-refractivity contribution >= 4 is 17.2 Å². The largest absolute Gasteiger partial charge is 0.454 e. The van der Waals surface area contributed by atoms with Gasteiger partial charge in [0.2, 0.25) is 6.79 Å². The summed E-state index contributed by atoms with van der Waals surface area (Å²) in [6.07, 6.45) is 1.30. The number of carbonyl (C=O) groups is 1. The van der Waals surface area contributed by atoms with Crippen LogP contribution in [0.15, 0.2) is 78.0 Å². The molecule has 0 amide bonds. The monoisotopic (exact) mass is 424 g/mol. The highest BCUT2D eigenvalue weighted by molar-refractivity contribution is 6.01. The van der Waals surface area contributed by atoms with E-state index in [1.54, 1.807) is 0 Å². The standard InChI is InChI=1S/C27H24N2O3/c1-16-6-8-17(9-7-16)19-12-22-26(23(30)13-19)27(29-21-5-3-2-4-20(21)28-22)18-10-11-24-25(14-18)32-15-31-24/h2-11,14,19,27-29H,12-13,15H2,1H3/t19-,27+/m1/s1. The summed E-state index contributed by atoms with van der Waals surface area (Å²) in [5.41, 5.74) is 7.19. The molecule has 2 heterocycles. The van der Waals surface area contributed by atoms with Crippen LogP contribution in [-0.2, 0) is 4.79 Å². The van der Waals surface area contributed by atoms with E-state index in [0.717, 1.165) is 46.1 Å². The molecule has 2 atom stereocenters. The van der Waals surface area contributed by atoms with Gasteiger partial charge < -0.3 is 20.1 Å². The Morgan fingerprint density at radius 1 is 0.844 bits per heavy atom. The quantitative estimate of drug-likeness (QED) is 0.552. The lowest BCUT2D eigenvalue weighted by atomic mass is 9.78. The molecule has 1 aliphatic carbocycles. The van der Waals surface area contributed by atoms with Gasteiger partial charge >= 0.3 is 0 Å². The minimum atomic E-state index is -0.262. The first-order valence-corrected chi connectivity index (χ1v) is 11.0. The first kappa shape index (κ1) is 19.0. The summed E-state index contributed by atoms with van der Waals surface area (Å²) in [5.74, 6) is 1.80. The number of fused-ring (bicyclic) bond motifs is 2. The number of nitrogens with one attached hydrogen (secondary N) is 2. The molecule has 3 aromatic rings. The number of ether oxygens (including phenoxy) is 2. The molecule has 0 spiro atoms. The maximum atomic E-state index is 13.6. The van der Waals surface area contributed by atoms with Crippen molar-refractivity contribution < 1.29 is 14.3 Å². The minimum absolute atomic E-state index is 0.164. The molecule has 0 bridgehead atoms. The highest BCUT2D eigenvalue weighted by atomic mass is 16.7. The molecule has 0 saturated carbocycles. The highest BCUT2D eigenvalue weighted by Gasteiger charge is 2.36. The average molecular weight is 425 g/mol. The number of allylic oxidation sites excluding steroid dienone is 1. The summed E-state index contributed by atoms with van der Waals surface area (Å²) >= 11 is 0. The van der Waals surface area contributed by atoms with Crippen LogP contribution >= 0.6 is 0 Å². The molecule has 3 aliphatic rings. The molecule has 3 aromatic carbocycles. The summed E-state index contributed by atoms with van der Waals surface area (Å²) in [7, 11) is 0. The number of aryl methyl sites for hydroxylation is 1. The van der Waals surface area contributed by atoms with E-state index in [4.69, 9.17) is 9.47 Å². The van der Waals surface area contributed by atoms with Gasteiger partial charge in [0.25, 0.3) is 0 Å². The van der Waals surface area contributed by atoms with E-state index in [2.05, 4.69) is 47.9 Å². The molecule has 0 saturated heterocycles. The van der Waals surface area contributed by atoms with Crippen molar-refractivity contribution in [1.82, 2.24) is 0 Å². The molecule has 0 radical (unpaired) electrons. The number of carbonyl (C=O) groups excluding carboxylic acids is 1. The molecule has 2 aliphatic heterocycles. The van der Waals surface area contributed by atoms with Crippen LogP contribution in [0.5, 0.6) is 11.5 Å². The molecule has 6 rings (SSSR count). The Bertz CT molecular complexity index is 1250. The lowest BCUT2D eigenvalue weighted by molar-refractivity contribution is -0.116. The highest BCUT2D eigenvalue weighted by Crippen LogP contribution is 2.45. The number of hydrogen-bond donors (Lipinski definition) is 2. The van der Waals surface area contributed by atoms with Crippen LogP contribution in [0.3, 0.4) is 0 Å². The van der Waals surface area contributed by atoms with E-state index in [-0.39, 0.29) is 24.5 Å². The van der Waals surface area contributed by atoms with Gasteiger partial charge in [0, 0.05) is 17.7 Å². The van der Waals surface area contributed by atoms with Crippen molar-refractivity contribution in [2.75, 3.05) is 17.4 Å². The van der Waals surface area contributed by atoms with E-state index in [1.807, 2.05) is 36.4 Å². The van der Waals surface area contributed by atoms with Crippen LogP contribution in [0.25, 0.3) is 0 Å². The fourth-order valence-electron chi connectivity index (χ4n) is 4.91. The van der Waals surface area contributed by atoms with Crippen molar-refractivity contribution in [2.45, 2.75) is 31.7 Å². The molecule has 5 heteroatoms. The Hall–Kier alpha value is -3.73.